The summed E-state index contributed by atoms with van der Waals surface area (Å²) >= 11 is 0. The summed E-state index contributed by atoms with van der Waals surface area (Å²) in [6.07, 6.45) is 21.2. The number of rotatable bonds is 14. The van der Waals surface area contributed by atoms with Gasteiger partial charge in [-0.05, 0) is 126 Å². The quantitative estimate of drug-likeness (QED) is 0.0553. The predicted octanol–water partition coefficient (Wildman–Crippen LogP) is 5.60. The second-order valence-corrected chi connectivity index (χ2v) is 18.3. The number of fused-ring (bicyclic) bond motifs is 3. The van der Waals surface area contributed by atoms with Gasteiger partial charge in [0.2, 0.25) is 0 Å². The van der Waals surface area contributed by atoms with Crippen LogP contribution in [-0.2, 0) is 22.4 Å². The van der Waals surface area contributed by atoms with Crippen molar-refractivity contribution in [2.75, 3.05) is 40.5 Å². The predicted molar refractivity (Wildman–Crippen MR) is 230 cm³/mol. The number of aldehydes is 1. The standard InChI is InChI=1S/C49H68N2O7/c1-33(38-14-13-34(2)44(55)51-45(4,23-26-58-6)29-37-11-8-10-36(27-37)28-38)9-7-12-40(32-54)41-16-18-48-43-42(35(3)31-53)39(30-47(48,56)21-24-50-5)15-17-46(43,22-25-52)19-20-49(41,48)57/h7-13,15,17,19-20,27,31,38-39,41,43-44,50-52,54-57H,1,14,16,18,21-26,28-30,32H2,2-6H3/b9-7+,34-13+,40-12-,42-35-/t38-,39+,41-,43-,44+,45-,46-,47+,48-,49+/m0/s1. The highest BCUT2D eigenvalue weighted by Crippen LogP contribution is 2.75. The zero-order chi connectivity index (χ0) is 41.9. The van der Waals surface area contributed by atoms with Crippen molar-refractivity contribution in [2.24, 2.45) is 34.5 Å². The van der Waals surface area contributed by atoms with Crippen LogP contribution in [0.5, 0.6) is 0 Å². The summed E-state index contributed by atoms with van der Waals surface area (Å²) in [6.45, 7) is 11.2. The lowest BCUT2D eigenvalue weighted by atomic mass is 9.37. The van der Waals surface area contributed by atoms with E-state index in [9.17, 15) is 30.3 Å². The molecule has 4 bridgehead atoms. The molecule has 0 aromatic heterocycles. The van der Waals surface area contributed by atoms with Gasteiger partial charge in [0.1, 0.15) is 12.5 Å². The fourth-order valence-corrected chi connectivity index (χ4v) is 11.8. The number of benzene rings is 1. The van der Waals surface area contributed by atoms with Gasteiger partial charge in [0.15, 0.2) is 0 Å². The maximum absolute atomic E-state index is 13.3. The zero-order valence-corrected chi connectivity index (χ0v) is 35.3. The van der Waals surface area contributed by atoms with Gasteiger partial charge in [0.05, 0.1) is 17.8 Å². The molecular weight excluding hydrogens is 729 g/mol. The van der Waals surface area contributed by atoms with Crippen LogP contribution in [0, 0.1) is 34.5 Å². The molecule has 2 saturated carbocycles. The molecule has 4 aliphatic carbocycles. The molecule has 7 N–H and O–H groups in total. The molecule has 2 fully saturated rings. The first kappa shape index (κ1) is 44.3. The number of hydrogen-bond donors (Lipinski definition) is 7. The van der Waals surface area contributed by atoms with Crippen LogP contribution in [0.25, 0.3) is 0 Å². The van der Waals surface area contributed by atoms with Crippen molar-refractivity contribution in [3.8, 4) is 0 Å². The van der Waals surface area contributed by atoms with E-state index in [1.165, 1.54) is 11.1 Å². The highest BCUT2D eigenvalue weighted by molar-refractivity contribution is 5.75. The Morgan fingerprint density at radius 2 is 1.90 bits per heavy atom. The van der Waals surface area contributed by atoms with Gasteiger partial charge < -0.3 is 35.6 Å². The largest absolute Gasteiger partial charge is 0.396 e. The number of ether oxygens (including phenoxy) is 1. The van der Waals surface area contributed by atoms with Crippen molar-refractivity contribution in [1.29, 1.82) is 0 Å². The van der Waals surface area contributed by atoms with E-state index in [0.29, 0.717) is 62.8 Å². The number of carbonyl (C=O) groups excluding carboxylic acids is 1. The smallest absolute Gasteiger partial charge is 0.145 e. The Morgan fingerprint density at radius 1 is 1.12 bits per heavy atom. The number of aliphatic hydroxyl groups excluding tert-OH is 3. The Balaban J connectivity index is 1.34. The lowest BCUT2D eigenvalue weighted by Crippen LogP contribution is -2.72. The average molecular weight is 797 g/mol. The van der Waals surface area contributed by atoms with Crippen LogP contribution in [-0.4, -0.2) is 95.3 Å². The highest BCUT2D eigenvalue weighted by Gasteiger charge is 2.77. The third kappa shape index (κ3) is 7.90. The Labute approximate surface area is 346 Å². The molecule has 6 rings (SSSR count). The molecule has 0 saturated heterocycles. The number of allylic oxidation sites excluding steroid dienone is 10. The number of methoxy groups -OCH3 is 1. The molecule has 1 aromatic carbocycles. The first-order valence-electron chi connectivity index (χ1n) is 21.3. The summed E-state index contributed by atoms with van der Waals surface area (Å²) in [5, 5.41) is 65.7. The molecule has 10 atom stereocenters. The molecule has 1 aromatic rings. The lowest BCUT2D eigenvalue weighted by molar-refractivity contribution is -0.233. The van der Waals surface area contributed by atoms with Crippen molar-refractivity contribution in [1.82, 2.24) is 10.6 Å². The van der Waals surface area contributed by atoms with Crippen LogP contribution in [0.4, 0.5) is 0 Å². The van der Waals surface area contributed by atoms with Crippen molar-refractivity contribution in [3.63, 3.8) is 0 Å². The van der Waals surface area contributed by atoms with Gasteiger partial charge in [-0.1, -0.05) is 90.6 Å². The Kier molecular flexibility index (Phi) is 13.6. The van der Waals surface area contributed by atoms with Crippen molar-refractivity contribution in [2.45, 2.75) is 102 Å². The van der Waals surface area contributed by atoms with E-state index in [-0.39, 0.29) is 30.6 Å². The fraction of sp³-hybridized carbons (Fsp3) is 0.571. The molecule has 0 unspecified atom stereocenters. The summed E-state index contributed by atoms with van der Waals surface area (Å²) in [6, 6.07) is 8.63. The maximum Gasteiger partial charge on any atom is 0.145 e. The van der Waals surface area contributed by atoms with Gasteiger partial charge in [-0.3, -0.25) is 10.1 Å². The number of nitrogens with one attached hydrogen (secondary N) is 2. The molecule has 9 nitrogen and oxygen atoms in total. The van der Waals surface area contributed by atoms with E-state index in [0.717, 1.165) is 42.3 Å². The van der Waals surface area contributed by atoms with Gasteiger partial charge in [-0.2, -0.15) is 0 Å². The van der Waals surface area contributed by atoms with Crippen molar-refractivity contribution >= 4 is 6.29 Å². The Morgan fingerprint density at radius 3 is 2.60 bits per heavy atom. The van der Waals surface area contributed by atoms with E-state index in [1.54, 1.807) is 7.11 Å². The minimum atomic E-state index is -1.54. The van der Waals surface area contributed by atoms with Crippen molar-refractivity contribution in [3.05, 3.63) is 118 Å². The highest BCUT2D eigenvalue weighted by atomic mass is 16.5. The van der Waals surface area contributed by atoms with Crippen LogP contribution in [0.1, 0.15) is 76.8 Å². The third-order valence-corrected chi connectivity index (χ3v) is 14.8. The van der Waals surface area contributed by atoms with Gasteiger partial charge in [0, 0.05) is 54.4 Å². The minimum Gasteiger partial charge on any atom is -0.396 e. The molecule has 1 heterocycles. The summed E-state index contributed by atoms with van der Waals surface area (Å²) in [5.74, 6) is -1.04. The Hall–Kier alpha value is -3.25. The van der Waals surface area contributed by atoms with Gasteiger partial charge in [0.25, 0.3) is 0 Å². The Bertz CT molecular complexity index is 1880. The molecule has 0 radical (unpaired) electrons. The molecule has 58 heavy (non-hydrogen) atoms. The summed E-state index contributed by atoms with van der Waals surface area (Å²) in [5.41, 5.74) is 1.41. The molecule has 5 aliphatic rings. The van der Waals surface area contributed by atoms with Crippen LogP contribution in [0.15, 0.2) is 107 Å². The van der Waals surface area contributed by atoms with E-state index in [2.05, 4.69) is 66.6 Å². The second kappa shape index (κ2) is 17.8. The van der Waals surface area contributed by atoms with E-state index in [4.69, 9.17) is 4.74 Å². The van der Waals surface area contributed by atoms with E-state index >= 15 is 0 Å². The number of aliphatic hydroxyl groups is 5. The van der Waals surface area contributed by atoms with Crippen LogP contribution >= 0.6 is 0 Å². The normalized spacial score (nSPS) is 39.0. The lowest BCUT2D eigenvalue weighted by Gasteiger charge is -2.68. The SMILES string of the molecule is C=C(/C=C/C=C(/CO)[C@@H]1CC[C@@]23[C@H]4/C(=C(/C)C=O)[C@H](C=C[C@@]4(CCO)C=C[C@@]12O)C[C@]3(O)CCNC)[C@H]1C/C=C(\C)[C@@H](O)N[C@@](C)(CCOC)Cc2cccc(c2)C1. The van der Waals surface area contributed by atoms with E-state index < -0.39 is 40.1 Å². The minimum absolute atomic E-state index is 0.0433. The molecular formula is C49H68N2O7. The first-order valence-corrected chi connectivity index (χ1v) is 21.3. The van der Waals surface area contributed by atoms with Crippen molar-refractivity contribution < 1.29 is 35.1 Å². The topological polar surface area (TPSA) is 152 Å². The molecule has 0 amide bonds. The van der Waals surface area contributed by atoms with Gasteiger partial charge in [-0.25, -0.2) is 0 Å². The van der Waals surface area contributed by atoms with Crippen LogP contribution < -0.4 is 10.6 Å². The van der Waals surface area contributed by atoms with Crippen LogP contribution in [0.3, 0.4) is 0 Å². The first-order chi connectivity index (χ1) is 27.7. The fourth-order valence-electron chi connectivity index (χ4n) is 11.8. The summed E-state index contributed by atoms with van der Waals surface area (Å²) in [7, 11) is 3.56. The second-order valence-electron chi connectivity index (χ2n) is 18.3. The van der Waals surface area contributed by atoms with Gasteiger partial charge >= 0.3 is 0 Å². The average Bonchev–Trinajstić information content (AvgIpc) is 3.52. The molecule has 1 aliphatic heterocycles. The zero-order valence-electron chi connectivity index (χ0n) is 35.3. The maximum atomic E-state index is 13.3. The number of hydrogen-bond acceptors (Lipinski definition) is 9. The monoisotopic (exact) mass is 797 g/mol. The summed E-state index contributed by atoms with van der Waals surface area (Å²) in [4.78, 5) is 12.5. The third-order valence-electron chi connectivity index (χ3n) is 14.8. The molecule has 316 valence electrons. The summed E-state index contributed by atoms with van der Waals surface area (Å²) < 4.78 is 5.41. The number of carbonyl (C=O) groups is 1. The molecule has 9 heteroatoms. The molecule has 1 spiro atoms. The van der Waals surface area contributed by atoms with E-state index in [1.807, 2.05) is 51.3 Å². The van der Waals surface area contributed by atoms with Crippen LogP contribution in [0.2, 0.25) is 0 Å². The van der Waals surface area contributed by atoms with Gasteiger partial charge in [-0.15, -0.1) is 0 Å².